The van der Waals surface area contributed by atoms with Crippen LogP contribution in [0.25, 0.3) is 11.4 Å². The molecule has 3 heterocycles. The molecule has 11 nitrogen and oxygen atoms in total. The molecule has 182 valence electrons. The lowest BCUT2D eigenvalue weighted by Gasteiger charge is -2.17. The number of hydrogen-bond donors (Lipinski definition) is 2. The van der Waals surface area contributed by atoms with Gasteiger partial charge < -0.3 is 15.2 Å². The van der Waals surface area contributed by atoms with Crippen molar-refractivity contribution in [2.45, 2.75) is 46.1 Å². The Morgan fingerprint density at radius 2 is 1.97 bits per heavy atom. The van der Waals surface area contributed by atoms with Crippen LogP contribution in [0.2, 0.25) is 0 Å². The molecule has 0 saturated carbocycles. The molecule has 0 aliphatic carbocycles. The van der Waals surface area contributed by atoms with Gasteiger partial charge in [0, 0.05) is 18.7 Å². The molecule has 35 heavy (non-hydrogen) atoms. The third-order valence-corrected chi connectivity index (χ3v) is 5.31. The van der Waals surface area contributed by atoms with Gasteiger partial charge in [-0.15, -0.1) is 0 Å². The maximum Gasteiger partial charge on any atom is 0.315 e. The van der Waals surface area contributed by atoms with E-state index in [1.54, 1.807) is 50.1 Å². The molecule has 1 aromatic carbocycles. The molecular formula is C23H26FN9O2. The summed E-state index contributed by atoms with van der Waals surface area (Å²) in [6, 6.07) is 2.79. The van der Waals surface area contributed by atoms with Crippen LogP contribution in [0.5, 0.6) is 0 Å². The zero-order valence-electron chi connectivity index (χ0n) is 20.3. The van der Waals surface area contributed by atoms with Crippen LogP contribution >= 0.6 is 0 Å². The lowest BCUT2D eigenvalue weighted by Crippen LogP contribution is -2.28. The van der Waals surface area contributed by atoms with Gasteiger partial charge in [-0.2, -0.15) is 15.1 Å². The molecule has 12 heteroatoms. The Morgan fingerprint density at radius 3 is 2.63 bits per heavy atom. The van der Waals surface area contributed by atoms with Crippen LogP contribution in [0.4, 0.5) is 16.0 Å². The van der Waals surface area contributed by atoms with Crippen LogP contribution in [-0.2, 0) is 12.5 Å². The van der Waals surface area contributed by atoms with Gasteiger partial charge in [0.1, 0.15) is 12.1 Å². The van der Waals surface area contributed by atoms with E-state index < -0.39 is 17.8 Å². The zero-order valence-corrected chi connectivity index (χ0v) is 20.3. The molecule has 0 spiro atoms. The first-order valence-electron chi connectivity index (χ1n) is 10.9. The van der Waals surface area contributed by atoms with Crippen molar-refractivity contribution in [2.24, 2.45) is 7.05 Å². The van der Waals surface area contributed by atoms with Crippen molar-refractivity contribution in [2.75, 3.05) is 5.32 Å². The van der Waals surface area contributed by atoms with Crippen molar-refractivity contribution in [3.63, 3.8) is 0 Å². The lowest BCUT2D eigenvalue weighted by molar-refractivity contribution is 0.0895. The van der Waals surface area contributed by atoms with E-state index in [0.717, 1.165) is 0 Å². The predicted octanol–water partition coefficient (Wildman–Crippen LogP) is 3.63. The first kappa shape index (κ1) is 23.9. The number of carbonyl (C=O) groups is 1. The molecule has 3 aromatic heterocycles. The highest BCUT2D eigenvalue weighted by Crippen LogP contribution is 2.28. The van der Waals surface area contributed by atoms with Crippen molar-refractivity contribution < 1.29 is 13.7 Å². The number of anilines is 2. The number of hydrogen-bond acceptors (Lipinski definition) is 9. The van der Waals surface area contributed by atoms with E-state index in [9.17, 15) is 4.79 Å². The standard InChI is InChI=1S/C23H26FN9O2/c1-12-15(13(2)28-19(34)20-31-21(32-35-20)23(3,4)5)7-8-16(17(12)24)18-25-11-26-22(30-18)29-14-9-27-33(6)10-14/h7-11,13H,1-6H3,(H,28,34)(H,25,26,29,30)/t13-/m0/s1. The second-order valence-electron chi connectivity index (χ2n) is 9.17. The average Bonchev–Trinajstić information content (AvgIpc) is 3.45. The second-order valence-corrected chi connectivity index (χ2v) is 9.17. The monoisotopic (exact) mass is 479 g/mol. The van der Waals surface area contributed by atoms with Crippen molar-refractivity contribution in [3.05, 3.63) is 59.5 Å². The summed E-state index contributed by atoms with van der Waals surface area (Å²) in [5.41, 5.74) is 1.51. The lowest BCUT2D eigenvalue weighted by atomic mass is 9.96. The van der Waals surface area contributed by atoms with Gasteiger partial charge in [0.25, 0.3) is 0 Å². The second kappa shape index (κ2) is 9.20. The van der Waals surface area contributed by atoms with Crippen molar-refractivity contribution >= 4 is 17.5 Å². The van der Waals surface area contributed by atoms with Gasteiger partial charge in [-0.05, 0) is 31.0 Å². The van der Waals surface area contributed by atoms with E-state index in [4.69, 9.17) is 4.52 Å². The number of halogens is 1. The Morgan fingerprint density at radius 1 is 1.20 bits per heavy atom. The number of amides is 1. The minimum absolute atomic E-state index is 0.143. The van der Waals surface area contributed by atoms with Crippen molar-refractivity contribution in [3.8, 4) is 11.4 Å². The number of aromatic nitrogens is 7. The van der Waals surface area contributed by atoms with E-state index >= 15 is 4.39 Å². The molecule has 0 saturated heterocycles. The Hall–Kier alpha value is -4.22. The Labute approximate surface area is 201 Å². The quantitative estimate of drug-likeness (QED) is 0.425. The van der Waals surface area contributed by atoms with E-state index in [0.29, 0.717) is 22.6 Å². The minimum atomic E-state index is -0.534. The van der Waals surface area contributed by atoms with Gasteiger partial charge >= 0.3 is 11.8 Å². The summed E-state index contributed by atoms with van der Waals surface area (Å²) < 4.78 is 22.1. The van der Waals surface area contributed by atoms with Crippen LogP contribution in [-0.4, -0.2) is 40.8 Å². The van der Waals surface area contributed by atoms with Crippen LogP contribution in [0.3, 0.4) is 0 Å². The number of nitrogens with one attached hydrogen (secondary N) is 2. The summed E-state index contributed by atoms with van der Waals surface area (Å²) >= 11 is 0. The topological polar surface area (TPSA) is 137 Å². The number of benzene rings is 1. The molecule has 2 N–H and O–H groups in total. The van der Waals surface area contributed by atoms with Crippen molar-refractivity contribution in [1.29, 1.82) is 0 Å². The van der Waals surface area contributed by atoms with Gasteiger partial charge in [0.15, 0.2) is 11.6 Å². The third kappa shape index (κ3) is 5.15. The van der Waals surface area contributed by atoms with Gasteiger partial charge in [-0.1, -0.05) is 32.0 Å². The number of aryl methyl sites for hydroxylation is 1. The molecular weight excluding hydrogens is 453 g/mol. The Balaban J connectivity index is 1.53. The van der Waals surface area contributed by atoms with E-state index in [1.807, 2.05) is 20.8 Å². The maximum absolute atomic E-state index is 15.4. The van der Waals surface area contributed by atoms with Crippen molar-refractivity contribution in [1.82, 2.24) is 40.2 Å². The van der Waals surface area contributed by atoms with Gasteiger partial charge in [0.05, 0.1) is 23.5 Å². The molecule has 0 fully saturated rings. The third-order valence-electron chi connectivity index (χ3n) is 5.31. The van der Waals surface area contributed by atoms with Gasteiger partial charge in [-0.25, -0.2) is 14.4 Å². The molecule has 0 aliphatic heterocycles. The highest BCUT2D eigenvalue weighted by molar-refractivity contribution is 5.89. The molecule has 4 aromatic rings. The summed E-state index contributed by atoms with van der Waals surface area (Å²) in [7, 11) is 1.79. The van der Waals surface area contributed by atoms with E-state index in [-0.39, 0.29) is 28.6 Å². The fraction of sp³-hybridized carbons (Fsp3) is 0.348. The largest absolute Gasteiger partial charge is 0.341 e. The normalized spacial score (nSPS) is 12.4. The zero-order chi connectivity index (χ0) is 25.3. The molecule has 1 atom stereocenters. The highest BCUT2D eigenvalue weighted by Gasteiger charge is 2.25. The molecule has 0 aliphatic rings. The predicted molar refractivity (Wildman–Crippen MR) is 125 cm³/mol. The average molecular weight is 480 g/mol. The molecule has 0 unspecified atom stereocenters. The first-order valence-corrected chi connectivity index (χ1v) is 10.9. The SMILES string of the molecule is Cc1c([C@H](C)NC(=O)c2nc(C(C)(C)C)no2)ccc(-c2ncnc(Nc3cnn(C)c3)n2)c1F. The van der Waals surface area contributed by atoms with Crippen LogP contribution < -0.4 is 10.6 Å². The first-order chi connectivity index (χ1) is 16.5. The molecule has 0 radical (unpaired) electrons. The summed E-state index contributed by atoms with van der Waals surface area (Å²) in [6.07, 6.45) is 4.69. The smallest absolute Gasteiger partial charge is 0.315 e. The summed E-state index contributed by atoms with van der Waals surface area (Å²) in [4.78, 5) is 29.3. The van der Waals surface area contributed by atoms with Crippen LogP contribution in [0, 0.1) is 12.7 Å². The summed E-state index contributed by atoms with van der Waals surface area (Å²) in [5.74, 6) is -0.301. The number of nitrogens with zero attached hydrogens (tertiary/aromatic N) is 7. The van der Waals surface area contributed by atoms with Gasteiger partial charge in [-0.3, -0.25) is 9.48 Å². The van der Waals surface area contributed by atoms with E-state index in [2.05, 4.69) is 40.8 Å². The minimum Gasteiger partial charge on any atom is -0.341 e. The fourth-order valence-electron chi connectivity index (χ4n) is 3.40. The van der Waals surface area contributed by atoms with Crippen LogP contribution in [0.1, 0.15) is 61.4 Å². The molecule has 1 amide bonds. The molecule has 4 rings (SSSR count). The molecule has 0 bridgehead atoms. The fourth-order valence-corrected chi connectivity index (χ4v) is 3.40. The van der Waals surface area contributed by atoms with Gasteiger partial charge in [0.2, 0.25) is 5.95 Å². The summed E-state index contributed by atoms with van der Waals surface area (Å²) in [6.45, 7) is 9.14. The Kier molecular flexibility index (Phi) is 6.29. The summed E-state index contributed by atoms with van der Waals surface area (Å²) in [5, 5.41) is 13.7. The Bertz CT molecular complexity index is 1370. The van der Waals surface area contributed by atoms with E-state index in [1.165, 1.54) is 6.33 Å². The maximum atomic E-state index is 15.4. The number of carbonyl (C=O) groups excluding carboxylic acids is 1. The number of rotatable bonds is 6. The highest BCUT2D eigenvalue weighted by atomic mass is 19.1. The van der Waals surface area contributed by atoms with Crippen LogP contribution in [0.15, 0.2) is 35.4 Å².